The number of para-hydroxylation sites is 1. The molecule has 0 radical (unpaired) electrons. The van der Waals surface area contributed by atoms with Crippen molar-refractivity contribution in [3.63, 3.8) is 0 Å². The number of hydrogen-bond acceptors (Lipinski definition) is 6. The van der Waals surface area contributed by atoms with E-state index in [1.54, 1.807) is 7.11 Å². The molecule has 0 aliphatic carbocycles. The van der Waals surface area contributed by atoms with E-state index in [-0.39, 0.29) is 5.97 Å². The molecule has 0 fully saturated rings. The molecular formula is C22H21NO4S. The highest BCUT2D eigenvalue weighted by molar-refractivity contribution is 7.18. The molecule has 2 heterocycles. The van der Waals surface area contributed by atoms with Gasteiger partial charge in [0.15, 0.2) is 0 Å². The third-order valence-corrected chi connectivity index (χ3v) is 5.68. The summed E-state index contributed by atoms with van der Waals surface area (Å²) in [5.41, 5.74) is 2.87. The molecule has 6 heteroatoms. The van der Waals surface area contributed by atoms with Crippen LogP contribution in [-0.2, 0) is 4.74 Å². The van der Waals surface area contributed by atoms with Gasteiger partial charge in [-0.1, -0.05) is 18.2 Å². The summed E-state index contributed by atoms with van der Waals surface area (Å²) in [5.74, 6) is 1.88. The summed E-state index contributed by atoms with van der Waals surface area (Å²) in [6.07, 6.45) is 0. The van der Waals surface area contributed by atoms with Gasteiger partial charge in [-0.2, -0.15) is 0 Å². The summed E-state index contributed by atoms with van der Waals surface area (Å²) in [6, 6.07) is 15.5. The minimum atomic E-state index is -0.298. The highest BCUT2D eigenvalue weighted by Crippen LogP contribution is 2.50. The van der Waals surface area contributed by atoms with E-state index in [0.717, 1.165) is 33.1 Å². The standard InChI is InChI=1S/C22H21NO4S/c1-23(2)10-11-26-22(24)20-13-17-15-6-4-5-7-18(15)27-19-12-14(25-3)8-9-16(19)21(17)28-20/h4-9,12-13H,10-11H2,1-3H3. The zero-order valence-electron chi connectivity index (χ0n) is 16.0. The van der Waals surface area contributed by atoms with Crippen LogP contribution in [0.1, 0.15) is 9.67 Å². The van der Waals surface area contributed by atoms with Crippen molar-refractivity contribution in [3.05, 3.63) is 53.4 Å². The fraction of sp³-hybridized carbons (Fsp3) is 0.227. The van der Waals surface area contributed by atoms with Crippen molar-refractivity contribution in [2.75, 3.05) is 34.4 Å². The zero-order chi connectivity index (χ0) is 19.7. The number of thiophene rings is 1. The number of fused-ring (bicyclic) bond motifs is 5. The Morgan fingerprint density at radius 2 is 1.86 bits per heavy atom. The van der Waals surface area contributed by atoms with Crippen molar-refractivity contribution in [2.24, 2.45) is 0 Å². The first-order valence-corrected chi connectivity index (χ1v) is 9.80. The van der Waals surface area contributed by atoms with Crippen molar-refractivity contribution in [1.29, 1.82) is 0 Å². The smallest absolute Gasteiger partial charge is 0.348 e. The van der Waals surface area contributed by atoms with E-state index >= 15 is 0 Å². The minimum Gasteiger partial charge on any atom is -0.497 e. The van der Waals surface area contributed by atoms with Crippen LogP contribution >= 0.6 is 11.3 Å². The Morgan fingerprint density at radius 1 is 1.04 bits per heavy atom. The van der Waals surface area contributed by atoms with Gasteiger partial charge in [0, 0.05) is 34.2 Å². The first-order valence-electron chi connectivity index (χ1n) is 8.98. The molecule has 0 N–H and O–H groups in total. The van der Waals surface area contributed by atoms with Gasteiger partial charge in [0.2, 0.25) is 0 Å². The second-order valence-electron chi connectivity index (χ2n) is 6.75. The number of benzene rings is 2. The molecule has 0 bridgehead atoms. The number of rotatable bonds is 5. The van der Waals surface area contributed by atoms with Crippen LogP contribution in [0.3, 0.4) is 0 Å². The maximum atomic E-state index is 12.6. The molecule has 0 spiro atoms. The lowest BCUT2D eigenvalue weighted by Crippen LogP contribution is -2.19. The van der Waals surface area contributed by atoms with Gasteiger partial charge in [0.05, 0.1) is 7.11 Å². The number of methoxy groups -OCH3 is 1. The molecule has 0 saturated heterocycles. The summed E-state index contributed by atoms with van der Waals surface area (Å²) in [6.45, 7) is 1.05. The molecule has 2 aromatic carbocycles. The topological polar surface area (TPSA) is 48.0 Å². The monoisotopic (exact) mass is 395 g/mol. The number of hydrogen-bond donors (Lipinski definition) is 0. The third-order valence-electron chi connectivity index (χ3n) is 4.54. The SMILES string of the molecule is COc1ccc2c(c1)Oc1ccccc1-c1cc(C(=O)OCCN(C)C)sc1-2. The van der Waals surface area contributed by atoms with Crippen molar-refractivity contribution in [1.82, 2.24) is 4.90 Å². The van der Waals surface area contributed by atoms with Crippen LogP contribution in [0.5, 0.6) is 17.2 Å². The largest absolute Gasteiger partial charge is 0.497 e. The van der Waals surface area contributed by atoms with Gasteiger partial charge in [0.25, 0.3) is 0 Å². The Hall–Kier alpha value is -2.83. The highest BCUT2D eigenvalue weighted by atomic mass is 32.1. The van der Waals surface area contributed by atoms with Crippen LogP contribution < -0.4 is 9.47 Å². The van der Waals surface area contributed by atoms with Gasteiger partial charge in [-0.15, -0.1) is 11.3 Å². The number of carbonyl (C=O) groups is 1. The van der Waals surface area contributed by atoms with Crippen LogP contribution in [0.2, 0.25) is 0 Å². The number of likely N-dealkylation sites (N-methyl/N-ethyl adjacent to an activating group) is 1. The van der Waals surface area contributed by atoms with Gasteiger partial charge in [-0.3, -0.25) is 0 Å². The van der Waals surface area contributed by atoms with E-state index in [2.05, 4.69) is 0 Å². The summed E-state index contributed by atoms with van der Waals surface area (Å²) in [4.78, 5) is 16.1. The summed E-state index contributed by atoms with van der Waals surface area (Å²) in [7, 11) is 5.53. The fourth-order valence-electron chi connectivity index (χ4n) is 3.08. The quantitative estimate of drug-likeness (QED) is 0.449. The maximum absolute atomic E-state index is 12.6. The number of nitrogens with zero attached hydrogens (tertiary/aromatic N) is 1. The van der Waals surface area contributed by atoms with E-state index in [0.29, 0.717) is 23.8 Å². The van der Waals surface area contributed by atoms with E-state index < -0.39 is 0 Å². The minimum absolute atomic E-state index is 0.298. The molecule has 0 saturated carbocycles. The molecule has 3 aromatic rings. The summed E-state index contributed by atoms with van der Waals surface area (Å²) < 4.78 is 17.0. The van der Waals surface area contributed by atoms with Crippen molar-refractivity contribution in [3.8, 4) is 38.8 Å². The average Bonchev–Trinajstić information content (AvgIpc) is 3.08. The summed E-state index contributed by atoms with van der Waals surface area (Å²) in [5, 5.41) is 0. The van der Waals surface area contributed by atoms with Crippen molar-refractivity contribution < 1.29 is 19.0 Å². The molecule has 28 heavy (non-hydrogen) atoms. The van der Waals surface area contributed by atoms with Crippen LogP contribution in [0.15, 0.2) is 48.5 Å². The first kappa shape index (κ1) is 18.5. The van der Waals surface area contributed by atoms with Gasteiger partial charge in [-0.25, -0.2) is 4.79 Å². The second kappa shape index (κ2) is 7.66. The molecular weight excluding hydrogens is 374 g/mol. The molecule has 4 rings (SSSR count). The Kier molecular flexibility index (Phi) is 5.07. The lowest BCUT2D eigenvalue weighted by atomic mass is 10.0. The van der Waals surface area contributed by atoms with Crippen LogP contribution in [0.4, 0.5) is 0 Å². The van der Waals surface area contributed by atoms with Gasteiger partial charge >= 0.3 is 5.97 Å². The second-order valence-corrected chi connectivity index (χ2v) is 7.81. The molecule has 1 aliphatic rings. The Morgan fingerprint density at radius 3 is 2.64 bits per heavy atom. The fourth-order valence-corrected chi connectivity index (χ4v) is 4.18. The van der Waals surface area contributed by atoms with Crippen molar-refractivity contribution in [2.45, 2.75) is 0 Å². The maximum Gasteiger partial charge on any atom is 0.348 e. The van der Waals surface area contributed by atoms with Crippen LogP contribution in [-0.4, -0.2) is 45.2 Å². The third kappa shape index (κ3) is 3.48. The molecule has 144 valence electrons. The average molecular weight is 395 g/mol. The van der Waals surface area contributed by atoms with Gasteiger partial charge in [-0.05, 0) is 38.4 Å². The Bertz CT molecular complexity index is 1030. The lowest BCUT2D eigenvalue weighted by molar-refractivity contribution is 0.0487. The van der Waals surface area contributed by atoms with Crippen LogP contribution in [0, 0.1) is 0 Å². The van der Waals surface area contributed by atoms with Gasteiger partial charge < -0.3 is 19.1 Å². The number of carbonyl (C=O) groups excluding carboxylic acids is 1. The first-order chi connectivity index (χ1) is 13.6. The molecule has 0 amide bonds. The number of esters is 1. The van der Waals surface area contributed by atoms with E-state index in [4.69, 9.17) is 14.2 Å². The number of ether oxygens (including phenoxy) is 3. The molecule has 1 aliphatic heterocycles. The zero-order valence-corrected chi connectivity index (χ0v) is 16.8. The highest BCUT2D eigenvalue weighted by Gasteiger charge is 2.25. The molecule has 5 nitrogen and oxygen atoms in total. The Labute approximate surface area is 168 Å². The Balaban J connectivity index is 1.78. The van der Waals surface area contributed by atoms with E-state index in [1.807, 2.05) is 67.5 Å². The van der Waals surface area contributed by atoms with Gasteiger partial charge in [0.1, 0.15) is 28.7 Å². The molecule has 0 unspecified atom stereocenters. The van der Waals surface area contributed by atoms with Crippen LogP contribution in [0.25, 0.3) is 21.6 Å². The van der Waals surface area contributed by atoms with E-state index in [9.17, 15) is 4.79 Å². The summed E-state index contributed by atoms with van der Waals surface area (Å²) >= 11 is 1.43. The van der Waals surface area contributed by atoms with E-state index in [1.165, 1.54) is 11.3 Å². The molecule has 1 aromatic heterocycles. The predicted octanol–water partition coefficient (Wildman–Crippen LogP) is 4.91. The molecule has 0 atom stereocenters. The normalized spacial score (nSPS) is 11.7. The predicted molar refractivity (Wildman–Crippen MR) is 111 cm³/mol. The van der Waals surface area contributed by atoms with Crippen molar-refractivity contribution >= 4 is 17.3 Å². The lowest BCUT2D eigenvalue weighted by Gasteiger charge is -2.11.